The third kappa shape index (κ3) is 3.69. The molecule has 2 aliphatic carbocycles. The largest absolute Gasteiger partial charge is 0.355 e. The number of anilines is 1. The van der Waals surface area contributed by atoms with Crippen molar-refractivity contribution in [2.45, 2.75) is 51.9 Å². The minimum atomic E-state index is -0.858. The quantitative estimate of drug-likeness (QED) is 0.618. The van der Waals surface area contributed by atoms with Gasteiger partial charge < -0.3 is 10.6 Å². The maximum absolute atomic E-state index is 12.6. The normalized spacial score (nSPS) is 18.5. The summed E-state index contributed by atoms with van der Waals surface area (Å²) in [5.41, 5.74) is 2.37. The Bertz CT molecular complexity index is 659. The Morgan fingerprint density at radius 1 is 1.12 bits per heavy atom. The summed E-state index contributed by atoms with van der Waals surface area (Å²) >= 11 is 0. The van der Waals surface area contributed by atoms with Gasteiger partial charge in [0.2, 0.25) is 11.8 Å². The van der Waals surface area contributed by atoms with Gasteiger partial charge >= 0.3 is 0 Å². The number of para-hydroxylation sites is 1. The number of hydrogen-bond acceptors (Lipinski definition) is 2. The zero-order valence-electron chi connectivity index (χ0n) is 14.4. The molecule has 2 amide bonds. The van der Waals surface area contributed by atoms with E-state index in [4.69, 9.17) is 0 Å². The molecule has 0 bridgehead atoms. The van der Waals surface area contributed by atoms with Crippen LogP contribution < -0.4 is 10.6 Å². The van der Waals surface area contributed by atoms with Gasteiger partial charge in [-0.25, -0.2) is 0 Å². The van der Waals surface area contributed by atoms with Crippen LogP contribution in [-0.2, 0) is 9.59 Å². The van der Waals surface area contributed by atoms with E-state index < -0.39 is 5.41 Å². The van der Waals surface area contributed by atoms with Crippen molar-refractivity contribution in [2.75, 3.05) is 11.9 Å². The minimum absolute atomic E-state index is 0.120. The number of carbonyl (C=O) groups is 2. The first kappa shape index (κ1) is 16.7. The predicted octanol–water partition coefficient (Wildman–Crippen LogP) is 3.72. The Labute approximate surface area is 143 Å². The van der Waals surface area contributed by atoms with E-state index in [-0.39, 0.29) is 11.8 Å². The smallest absolute Gasteiger partial charge is 0.240 e. The van der Waals surface area contributed by atoms with E-state index in [1.165, 1.54) is 18.4 Å². The molecular formula is C20H26N2O2. The molecule has 0 unspecified atom stereocenters. The molecule has 2 N–H and O–H groups in total. The minimum Gasteiger partial charge on any atom is -0.355 e. The van der Waals surface area contributed by atoms with Gasteiger partial charge in [0.25, 0.3) is 0 Å². The van der Waals surface area contributed by atoms with Crippen molar-refractivity contribution >= 4 is 17.5 Å². The number of aryl methyl sites for hydroxylation is 1. The summed E-state index contributed by atoms with van der Waals surface area (Å²) in [5.74, 6) is -0.295. The first-order valence-electron chi connectivity index (χ1n) is 8.95. The highest BCUT2D eigenvalue weighted by Crippen LogP contribution is 2.47. The molecule has 0 spiro atoms. The van der Waals surface area contributed by atoms with Crippen LogP contribution in [0.25, 0.3) is 0 Å². The van der Waals surface area contributed by atoms with Crippen LogP contribution in [0.2, 0.25) is 0 Å². The number of rotatable bonds is 6. The Balaban J connectivity index is 1.53. The van der Waals surface area contributed by atoms with Gasteiger partial charge in [0.15, 0.2) is 0 Å². The molecule has 3 rings (SSSR count). The standard InChI is InChI=1S/C20H26N2O2/c1-15-7-5-6-10-17(15)22-19(24)20(12-13-20)18(23)21-14-11-16-8-3-2-4-9-16/h5-8,10H,2-4,9,11-14H2,1H3,(H,21,23)(H,22,24). The van der Waals surface area contributed by atoms with Crippen LogP contribution in [0.4, 0.5) is 5.69 Å². The van der Waals surface area contributed by atoms with E-state index in [0.29, 0.717) is 19.4 Å². The average molecular weight is 326 g/mol. The van der Waals surface area contributed by atoms with Crippen molar-refractivity contribution < 1.29 is 9.59 Å². The van der Waals surface area contributed by atoms with E-state index in [1.807, 2.05) is 31.2 Å². The summed E-state index contributed by atoms with van der Waals surface area (Å²) in [4.78, 5) is 25.1. The van der Waals surface area contributed by atoms with Crippen molar-refractivity contribution in [3.8, 4) is 0 Å². The SMILES string of the molecule is Cc1ccccc1NC(=O)C1(C(=O)NCCC2=CCCCC2)CC1. The second-order valence-electron chi connectivity index (χ2n) is 6.97. The highest BCUT2D eigenvalue weighted by atomic mass is 16.2. The monoisotopic (exact) mass is 326 g/mol. The molecule has 1 aromatic rings. The van der Waals surface area contributed by atoms with E-state index in [0.717, 1.165) is 30.5 Å². The topological polar surface area (TPSA) is 58.2 Å². The molecule has 1 aromatic carbocycles. The van der Waals surface area contributed by atoms with E-state index >= 15 is 0 Å². The molecule has 0 aromatic heterocycles. The molecule has 0 atom stereocenters. The second-order valence-corrected chi connectivity index (χ2v) is 6.97. The number of nitrogens with one attached hydrogen (secondary N) is 2. The lowest BCUT2D eigenvalue weighted by molar-refractivity contribution is -0.134. The van der Waals surface area contributed by atoms with Crippen molar-refractivity contribution in [1.82, 2.24) is 5.32 Å². The van der Waals surface area contributed by atoms with E-state index in [1.54, 1.807) is 0 Å². The Morgan fingerprint density at radius 2 is 1.92 bits per heavy atom. The molecule has 0 heterocycles. The first-order valence-corrected chi connectivity index (χ1v) is 8.95. The molecule has 4 nitrogen and oxygen atoms in total. The van der Waals surface area contributed by atoms with Crippen molar-refractivity contribution in [3.63, 3.8) is 0 Å². The number of hydrogen-bond donors (Lipinski definition) is 2. The van der Waals surface area contributed by atoms with Crippen molar-refractivity contribution in [1.29, 1.82) is 0 Å². The third-order valence-electron chi connectivity index (χ3n) is 5.13. The number of benzene rings is 1. The van der Waals surface area contributed by atoms with Gasteiger partial charge in [-0.3, -0.25) is 9.59 Å². The van der Waals surface area contributed by atoms with Crippen LogP contribution in [0.1, 0.15) is 50.5 Å². The molecule has 0 radical (unpaired) electrons. The van der Waals surface area contributed by atoms with Crippen LogP contribution in [0.5, 0.6) is 0 Å². The van der Waals surface area contributed by atoms with Gasteiger partial charge in [-0.15, -0.1) is 0 Å². The van der Waals surface area contributed by atoms with Crippen LogP contribution in [0.3, 0.4) is 0 Å². The zero-order chi connectivity index (χ0) is 17.0. The Hall–Kier alpha value is -2.10. The second kappa shape index (κ2) is 7.20. The molecule has 0 aliphatic heterocycles. The van der Waals surface area contributed by atoms with Gasteiger partial charge in [-0.2, -0.15) is 0 Å². The highest BCUT2D eigenvalue weighted by molar-refractivity contribution is 6.13. The average Bonchev–Trinajstić information content (AvgIpc) is 3.40. The fourth-order valence-electron chi connectivity index (χ4n) is 3.27. The number of amides is 2. The summed E-state index contributed by atoms with van der Waals surface area (Å²) in [6, 6.07) is 7.65. The summed E-state index contributed by atoms with van der Waals surface area (Å²) < 4.78 is 0. The molecule has 24 heavy (non-hydrogen) atoms. The highest BCUT2D eigenvalue weighted by Gasteiger charge is 2.56. The van der Waals surface area contributed by atoms with E-state index in [9.17, 15) is 9.59 Å². The molecule has 128 valence electrons. The lowest BCUT2D eigenvalue weighted by Crippen LogP contribution is -2.40. The Morgan fingerprint density at radius 3 is 2.58 bits per heavy atom. The summed E-state index contributed by atoms with van der Waals surface area (Å²) in [6.45, 7) is 2.58. The molecule has 2 aliphatic rings. The lowest BCUT2D eigenvalue weighted by atomic mass is 9.97. The first-order chi connectivity index (χ1) is 11.6. The van der Waals surface area contributed by atoms with Gasteiger partial charge in [-0.05, 0) is 63.5 Å². The lowest BCUT2D eigenvalue weighted by Gasteiger charge is -2.17. The van der Waals surface area contributed by atoms with Crippen LogP contribution in [-0.4, -0.2) is 18.4 Å². The molecule has 0 saturated heterocycles. The van der Waals surface area contributed by atoms with Crippen LogP contribution in [0, 0.1) is 12.3 Å². The zero-order valence-corrected chi connectivity index (χ0v) is 14.4. The fourth-order valence-corrected chi connectivity index (χ4v) is 3.27. The molecule has 1 fully saturated rings. The van der Waals surface area contributed by atoms with Gasteiger partial charge in [0.05, 0.1) is 0 Å². The van der Waals surface area contributed by atoms with Crippen molar-refractivity contribution in [2.24, 2.45) is 5.41 Å². The maximum atomic E-state index is 12.6. The summed E-state index contributed by atoms with van der Waals surface area (Å²) in [5, 5.41) is 5.90. The summed E-state index contributed by atoms with van der Waals surface area (Å²) in [6.07, 6.45) is 9.31. The third-order valence-corrected chi connectivity index (χ3v) is 5.13. The predicted molar refractivity (Wildman–Crippen MR) is 95.7 cm³/mol. The Kier molecular flexibility index (Phi) is 5.03. The summed E-state index contributed by atoms with van der Waals surface area (Å²) in [7, 11) is 0. The number of allylic oxidation sites excluding steroid dienone is 1. The van der Waals surface area contributed by atoms with Gasteiger partial charge in [-0.1, -0.05) is 29.8 Å². The van der Waals surface area contributed by atoms with Crippen molar-refractivity contribution in [3.05, 3.63) is 41.5 Å². The molecule has 1 saturated carbocycles. The number of carbonyl (C=O) groups excluding carboxylic acids is 2. The fraction of sp³-hybridized carbons (Fsp3) is 0.500. The van der Waals surface area contributed by atoms with E-state index in [2.05, 4.69) is 16.7 Å². The molecule has 4 heteroatoms. The van der Waals surface area contributed by atoms with Gasteiger partial charge in [0, 0.05) is 12.2 Å². The molecular weight excluding hydrogens is 300 g/mol. The van der Waals surface area contributed by atoms with Crippen LogP contribution in [0.15, 0.2) is 35.9 Å². The van der Waals surface area contributed by atoms with Gasteiger partial charge in [0.1, 0.15) is 5.41 Å². The maximum Gasteiger partial charge on any atom is 0.240 e. The van der Waals surface area contributed by atoms with Crippen LogP contribution >= 0.6 is 0 Å².